The van der Waals surface area contributed by atoms with Crippen molar-refractivity contribution in [2.45, 2.75) is 25.7 Å². The molecule has 0 saturated heterocycles. The van der Waals surface area contributed by atoms with Gasteiger partial charge in [0.25, 0.3) is 0 Å². The average molecular weight is 194 g/mol. The fraction of sp³-hybridized carbons (Fsp3) is 0.667. The Balaban J connectivity index is 1.88. The van der Waals surface area contributed by atoms with Gasteiger partial charge in [0.2, 0.25) is 6.39 Å². The maximum atomic E-state index is 8.30. The second-order valence-electron chi connectivity index (χ2n) is 2.96. The van der Waals surface area contributed by atoms with Crippen molar-refractivity contribution in [3.8, 4) is 6.07 Å². The van der Waals surface area contributed by atoms with Crippen LogP contribution in [0.1, 0.15) is 25.1 Å². The van der Waals surface area contributed by atoms with Crippen LogP contribution in [-0.4, -0.2) is 23.2 Å². The molecular weight excluding hydrogens is 180 g/mol. The minimum Gasteiger partial charge on any atom is -0.343 e. The zero-order chi connectivity index (χ0) is 10.1. The highest BCUT2D eigenvalue weighted by atomic mass is 16.5. The van der Waals surface area contributed by atoms with Crippen LogP contribution in [-0.2, 0) is 6.42 Å². The monoisotopic (exact) mass is 194 g/mol. The smallest absolute Gasteiger partial charge is 0.213 e. The Morgan fingerprint density at radius 2 is 2.36 bits per heavy atom. The average Bonchev–Trinajstić information content (AvgIpc) is 2.69. The molecule has 0 fully saturated rings. The van der Waals surface area contributed by atoms with E-state index in [-0.39, 0.29) is 0 Å². The van der Waals surface area contributed by atoms with Crippen LogP contribution in [0.15, 0.2) is 10.9 Å². The molecule has 1 heterocycles. The SMILES string of the molecule is N#CCCCCNCCc1ncon1. The molecule has 0 aromatic carbocycles. The maximum Gasteiger partial charge on any atom is 0.213 e. The summed E-state index contributed by atoms with van der Waals surface area (Å²) < 4.78 is 4.60. The second-order valence-corrected chi connectivity index (χ2v) is 2.96. The normalized spacial score (nSPS) is 9.93. The summed E-state index contributed by atoms with van der Waals surface area (Å²) in [4.78, 5) is 3.90. The van der Waals surface area contributed by atoms with E-state index in [1.165, 1.54) is 6.39 Å². The van der Waals surface area contributed by atoms with Crippen molar-refractivity contribution in [3.63, 3.8) is 0 Å². The minimum atomic E-state index is 0.645. The summed E-state index contributed by atoms with van der Waals surface area (Å²) in [6.45, 7) is 1.80. The lowest BCUT2D eigenvalue weighted by Gasteiger charge is -2.00. The molecule has 76 valence electrons. The molecule has 1 rings (SSSR count). The summed E-state index contributed by atoms with van der Waals surface area (Å²) in [5, 5.41) is 15.2. The number of nitriles is 1. The second kappa shape index (κ2) is 7.04. The van der Waals surface area contributed by atoms with E-state index in [9.17, 15) is 0 Å². The van der Waals surface area contributed by atoms with Crippen molar-refractivity contribution in [1.29, 1.82) is 5.26 Å². The predicted molar refractivity (Wildman–Crippen MR) is 50.3 cm³/mol. The van der Waals surface area contributed by atoms with Gasteiger partial charge in [-0.25, -0.2) is 0 Å². The Kier molecular flexibility index (Phi) is 5.36. The van der Waals surface area contributed by atoms with Crippen molar-refractivity contribution in [1.82, 2.24) is 15.5 Å². The summed E-state index contributed by atoms with van der Waals surface area (Å²) in [5.74, 6) is 0.731. The number of nitrogens with one attached hydrogen (secondary N) is 1. The Morgan fingerprint density at radius 1 is 1.43 bits per heavy atom. The van der Waals surface area contributed by atoms with Gasteiger partial charge in [-0.2, -0.15) is 10.2 Å². The summed E-state index contributed by atoms with van der Waals surface area (Å²) in [5.41, 5.74) is 0. The van der Waals surface area contributed by atoms with E-state index in [0.29, 0.717) is 6.42 Å². The lowest BCUT2D eigenvalue weighted by Crippen LogP contribution is -2.18. The number of nitrogens with zero attached hydrogens (tertiary/aromatic N) is 3. The third-order valence-corrected chi connectivity index (χ3v) is 1.82. The fourth-order valence-corrected chi connectivity index (χ4v) is 1.08. The van der Waals surface area contributed by atoms with Gasteiger partial charge in [-0.3, -0.25) is 0 Å². The molecule has 0 unspecified atom stereocenters. The number of aromatic nitrogens is 2. The van der Waals surface area contributed by atoms with E-state index < -0.39 is 0 Å². The van der Waals surface area contributed by atoms with Crippen LogP contribution in [0.3, 0.4) is 0 Å². The van der Waals surface area contributed by atoms with Gasteiger partial charge in [0.15, 0.2) is 5.82 Å². The third-order valence-electron chi connectivity index (χ3n) is 1.82. The van der Waals surface area contributed by atoms with Gasteiger partial charge in [0, 0.05) is 19.4 Å². The summed E-state index contributed by atoms with van der Waals surface area (Å²) in [6, 6.07) is 2.12. The summed E-state index contributed by atoms with van der Waals surface area (Å²) in [6.07, 6.45) is 4.77. The summed E-state index contributed by atoms with van der Waals surface area (Å²) in [7, 11) is 0. The molecule has 1 aromatic rings. The van der Waals surface area contributed by atoms with Gasteiger partial charge < -0.3 is 9.84 Å². The van der Waals surface area contributed by atoms with E-state index in [4.69, 9.17) is 5.26 Å². The molecule has 1 N–H and O–H groups in total. The first-order valence-electron chi connectivity index (χ1n) is 4.76. The van der Waals surface area contributed by atoms with Crippen molar-refractivity contribution in [2.75, 3.05) is 13.1 Å². The van der Waals surface area contributed by atoms with Gasteiger partial charge in [0.1, 0.15) is 0 Å². The Labute approximate surface area is 83.1 Å². The molecule has 0 radical (unpaired) electrons. The first kappa shape index (κ1) is 10.7. The number of hydrogen-bond donors (Lipinski definition) is 1. The van der Waals surface area contributed by atoms with Crippen LogP contribution >= 0.6 is 0 Å². The van der Waals surface area contributed by atoms with Crippen molar-refractivity contribution in [2.24, 2.45) is 0 Å². The minimum absolute atomic E-state index is 0.645. The maximum absolute atomic E-state index is 8.30. The molecule has 1 aromatic heterocycles. The Morgan fingerprint density at radius 3 is 3.07 bits per heavy atom. The number of hydrogen-bond acceptors (Lipinski definition) is 5. The quantitative estimate of drug-likeness (QED) is 0.652. The first-order valence-corrected chi connectivity index (χ1v) is 4.76. The number of unbranched alkanes of at least 4 members (excludes halogenated alkanes) is 2. The molecule has 0 spiro atoms. The molecule has 0 aliphatic carbocycles. The van der Waals surface area contributed by atoms with Crippen LogP contribution in [0.5, 0.6) is 0 Å². The Bertz CT molecular complexity index is 265. The molecule has 0 amide bonds. The zero-order valence-electron chi connectivity index (χ0n) is 8.07. The molecule has 0 atom stereocenters. The first-order chi connectivity index (χ1) is 6.93. The van der Waals surface area contributed by atoms with Crippen LogP contribution in [0, 0.1) is 11.3 Å². The predicted octanol–water partition coefficient (Wildman–Crippen LogP) is 0.896. The molecular formula is C9H14N4O. The van der Waals surface area contributed by atoms with Crippen molar-refractivity contribution >= 4 is 0 Å². The zero-order valence-corrected chi connectivity index (χ0v) is 8.07. The van der Waals surface area contributed by atoms with Gasteiger partial charge in [-0.1, -0.05) is 5.16 Å². The molecule has 5 heteroatoms. The lowest BCUT2D eigenvalue weighted by atomic mass is 10.2. The highest BCUT2D eigenvalue weighted by Gasteiger charge is 1.96. The fourth-order valence-electron chi connectivity index (χ4n) is 1.08. The lowest BCUT2D eigenvalue weighted by molar-refractivity contribution is 0.409. The van der Waals surface area contributed by atoms with Gasteiger partial charge in [-0.15, -0.1) is 0 Å². The Hall–Kier alpha value is -1.41. The molecule has 0 aliphatic heterocycles. The van der Waals surface area contributed by atoms with Crippen molar-refractivity contribution in [3.05, 3.63) is 12.2 Å². The van der Waals surface area contributed by atoms with E-state index in [1.54, 1.807) is 0 Å². The molecule has 14 heavy (non-hydrogen) atoms. The topological polar surface area (TPSA) is 74.7 Å². The largest absolute Gasteiger partial charge is 0.343 e. The third kappa shape index (κ3) is 4.58. The van der Waals surface area contributed by atoms with Crippen LogP contribution in [0.25, 0.3) is 0 Å². The van der Waals surface area contributed by atoms with E-state index >= 15 is 0 Å². The van der Waals surface area contributed by atoms with Gasteiger partial charge in [-0.05, 0) is 19.4 Å². The van der Waals surface area contributed by atoms with E-state index in [0.717, 1.165) is 38.2 Å². The van der Waals surface area contributed by atoms with E-state index in [1.807, 2.05) is 0 Å². The van der Waals surface area contributed by atoms with Crippen molar-refractivity contribution < 1.29 is 4.52 Å². The molecule has 0 bridgehead atoms. The number of rotatable bonds is 7. The highest BCUT2D eigenvalue weighted by Crippen LogP contribution is 1.92. The van der Waals surface area contributed by atoms with Gasteiger partial charge in [0.05, 0.1) is 6.07 Å². The van der Waals surface area contributed by atoms with Gasteiger partial charge >= 0.3 is 0 Å². The van der Waals surface area contributed by atoms with Crippen LogP contribution in [0.2, 0.25) is 0 Å². The van der Waals surface area contributed by atoms with E-state index in [2.05, 4.69) is 26.0 Å². The molecule has 5 nitrogen and oxygen atoms in total. The van der Waals surface area contributed by atoms with Crippen LogP contribution < -0.4 is 5.32 Å². The summed E-state index contributed by atoms with van der Waals surface area (Å²) >= 11 is 0. The molecule has 0 aliphatic rings. The standard InChI is InChI=1S/C9H14N4O/c10-5-2-1-3-6-11-7-4-9-12-8-14-13-9/h8,11H,1-4,6-7H2. The highest BCUT2D eigenvalue weighted by molar-refractivity contribution is 4.78. The van der Waals surface area contributed by atoms with Crippen LogP contribution in [0.4, 0.5) is 0 Å². The molecule has 0 saturated carbocycles.